The van der Waals surface area contributed by atoms with Gasteiger partial charge in [-0.05, 0) is 41.1 Å². The molecule has 0 fully saturated rings. The van der Waals surface area contributed by atoms with Crippen LogP contribution < -0.4 is 10.5 Å². The van der Waals surface area contributed by atoms with Gasteiger partial charge in [-0.1, -0.05) is 0 Å². The van der Waals surface area contributed by atoms with E-state index >= 15 is 0 Å². The number of halogens is 1. The van der Waals surface area contributed by atoms with Crippen LogP contribution in [0.25, 0.3) is 0 Å². The van der Waals surface area contributed by atoms with E-state index in [-0.39, 0.29) is 4.21 Å². The average Bonchev–Trinajstić information content (AvgIpc) is 2.71. The summed E-state index contributed by atoms with van der Waals surface area (Å²) in [5, 5.41) is 0.696. The first-order valence-electron chi connectivity index (χ1n) is 4.89. The van der Waals surface area contributed by atoms with Crippen molar-refractivity contribution in [3.05, 3.63) is 33.9 Å². The Bertz CT molecular complexity index is 682. The quantitative estimate of drug-likeness (QED) is 0.835. The van der Waals surface area contributed by atoms with Gasteiger partial charge in [-0.25, -0.2) is 13.4 Å². The van der Waals surface area contributed by atoms with E-state index in [4.69, 9.17) is 5.73 Å². The minimum absolute atomic E-state index is 0.175. The molecule has 0 spiro atoms. The Morgan fingerprint density at radius 2 is 2.17 bits per heavy atom. The molecule has 8 heteroatoms. The van der Waals surface area contributed by atoms with E-state index in [0.717, 1.165) is 11.3 Å². The molecule has 0 saturated heterocycles. The van der Waals surface area contributed by atoms with E-state index in [2.05, 4.69) is 25.6 Å². The number of rotatable bonds is 3. The maximum absolute atomic E-state index is 12.1. The number of hydrogen-bond donors (Lipinski definition) is 2. The van der Waals surface area contributed by atoms with Gasteiger partial charge >= 0.3 is 0 Å². The Hall–Kier alpha value is -1.12. The number of aromatic nitrogens is 1. The summed E-state index contributed by atoms with van der Waals surface area (Å²) in [7, 11) is -3.61. The summed E-state index contributed by atoms with van der Waals surface area (Å²) >= 11 is 4.38. The van der Waals surface area contributed by atoms with E-state index in [1.807, 2.05) is 0 Å². The third-order valence-corrected chi connectivity index (χ3v) is 5.53. The number of hydrogen-bond acceptors (Lipinski definition) is 5. The third kappa shape index (κ3) is 2.82. The van der Waals surface area contributed by atoms with Crippen LogP contribution in [0.3, 0.4) is 0 Å². The fraction of sp³-hybridized carbons (Fsp3) is 0.100. The molecule has 1 aromatic heterocycles. The van der Waals surface area contributed by atoms with Crippen molar-refractivity contribution < 1.29 is 8.42 Å². The van der Waals surface area contributed by atoms with Crippen LogP contribution >= 0.6 is 27.3 Å². The first-order chi connectivity index (χ1) is 8.38. The molecule has 96 valence electrons. The average molecular weight is 348 g/mol. The maximum Gasteiger partial charge on any atom is 0.273 e. The zero-order chi connectivity index (χ0) is 13.3. The van der Waals surface area contributed by atoms with Gasteiger partial charge in [0.05, 0.1) is 16.9 Å². The number of anilines is 2. The number of nitrogens with two attached hydrogens (primary N) is 1. The van der Waals surface area contributed by atoms with Crippen molar-refractivity contribution in [3.63, 3.8) is 0 Å². The van der Waals surface area contributed by atoms with Crippen molar-refractivity contribution in [1.82, 2.24) is 4.98 Å². The van der Waals surface area contributed by atoms with Crippen LogP contribution in [0.1, 0.15) is 5.01 Å². The SMILES string of the molecule is Cc1ncc(S(=O)(=O)Nc2cc(N)ccc2Br)s1. The minimum Gasteiger partial charge on any atom is -0.399 e. The lowest BCUT2D eigenvalue weighted by atomic mass is 10.3. The fourth-order valence-electron chi connectivity index (χ4n) is 1.28. The summed E-state index contributed by atoms with van der Waals surface area (Å²) in [6, 6.07) is 4.92. The first kappa shape index (κ1) is 13.3. The Morgan fingerprint density at radius 1 is 1.44 bits per heavy atom. The molecule has 18 heavy (non-hydrogen) atoms. The van der Waals surface area contributed by atoms with Crippen LogP contribution in [0, 0.1) is 6.92 Å². The van der Waals surface area contributed by atoms with Crippen LogP contribution in [-0.4, -0.2) is 13.4 Å². The minimum atomic E-state index is -3.61. The second kappa shape index (κ2) is 4.87. The zero-order valence-electron chi connectivity index (χ0n) is 9.34. The molecule has 0 aliphatic rings. The highest BCUT2D eigenvalue weighted by atomic mass is 79.9. The number of thiazole rings is 1. The molecule has 0 unspecified atom stereocenters. The second-order valence-electron chi connectivity index (χ2n) is 3.54. The van der Waals surface area contributed by atoms with Gasteiger partial charge in [-0.3, -0.25) is 4.72 Å². The molecule has 1 heterocycles. The van der Waals surface area contributed by atoms with E-state index < -0.39 is 10.0 Å². The van der Waals surface area contributed by atoms with Crippen LogP contribution in [0.15, 0.2) is 33.1 Å². The summed E-state index contributed by atoms with van der Waals surface area (Å²) in [4.78, 5) is 3.93. The molecular formula is C10H10BrN3O2S2. The van der Waals surface area contributed by atoms with Crippen molar-refractivity contribution in [2.75, 3.05) is 10.5 Å². The zero-order valence-corrected chi connectivity index (χ0v) is 12.6. The van der Waals surface area contributed by atoms with E-state index in [9.17, 15) is 8.42 Å². The highest BCUT2D eigenvalue weighted by Crippen LogP contribution is 2.28. The van der Waals surface area contributed by atoms with Gasteiger partial charge < -0.3 is 5.73 Å². The Labute approximate surface area is 117 Å². The largest absolute Gasteiger partial charge is 0.399 e. The molecule has 0 amide bonds. The van der Waals surface area contributed by atoms with Crippen molar-refractivity contribution in [1.29, 1.82) is 0 Å². The Balaban J connectivity index is 2.36. The summed E-state index contributed by atoms with van der Waals surface area (Å²) in [6.07, 6.45) is 1.34. The molecule has 0 saturated carbocycles. The standard InChI is InChI=1S/C10H10BrN3O2S2/c1-6-13-5-10(17-6)18(15,16)14-9-4-7(12)2-3-8(9)11/h2-5,14H,12H2,1H3. The van der Waals surface area contributed by atoms with E-state index in [1.54, 1.807) is 25.1 Å². The summed E-state index contributed by atoms with van der Waals surface area (Å²) < 4.78 is 27.4. The summed E-state index contributed by atoms with van der Waals surface area (Å²) in [5.74, 6) is 0. The number of nitrogen functional groups attached to an aromatic ring is 1. The smallest absolute Gasteiger partial charge is 0.273 e. The van der Waals surface area contributed by atoms with Gasteiger partial charge in [0.15, 0.2) is 4.21 Å². The lowest BCUT2D eigenvalue weighted by molar-refractivity contribution is 0.603. The van der Waals surface area contributed by atoms with Crippen molar-refractivity contribution in [3.8, 4) is 0 Å². The van der Waals surface area contributed by atoms with Crippen molar-refractivity contribution in [2.24, 2.45) is 0 Å². The number of aryl methyl sites for hydroxylation is 1. The molecule has 5 nitrogen and oxygen atoms in total. The number of nitrogens with one attached hydrogen (secondary N) is 1. The molecule has 2 aromatic rings. The fourth-order valence-corrected chi connectivity index (χ4v) is 3.94. The van der Waals surface area contributed by atoms with Crippen LogP contribution in [0.5, 0.6) is 0 Å². The van der Waals surface area contributed by atoms with Gasteiger partial charge in [-0.15, -0.1) is 11.3 Å². The molecule has 0 aliphatic carbocycles. The number of benzene rings is 1. The van der Waals surface area contributed by atoms with Crippen LogP contribution in [-0.2, 0) is 10.0 Å². The van der Waals surface area contributed by atoms with Crippen molar-refractivity contribution >= 4 is 48.7 Å². The third-order valence-electron chi connectivity index (χ3n) is 2.10. The Morgan fingerprint density at radius 3 is 2.78 bits per heavy atom. The monoisotopic (exact) mass is 347 g/mol. The van der Waals surface area contributed by atoms with Gasteiger partial charge in [0.2, 0.25) is 0 Å². The van der Waals surface area contributed by atoms with Crippen LogP contribution in [0.4, 0.5) is 11.4 Å². The highest BCUT2D eigenvalue weighted by Gasteiger charge is 2.18. The van der Waals surface area contributed by atoms with Gasteiger partial charge in [0.1, 0.15) is 0 Å². The first-order valence-corrected chi connectivity index (χ1v) is 7.98. The molecular weight excluding hydrogens is 338 g/mol. The summed E-state index contributed by atoms with van der Waals surface area (Å²) in [5.41, 5.74) is 6.51. The van der Waals surface area contributed by atoms with Crippen molar-refractivity contribution in [2.45, 2.75) is 11.1 Å². The number of nitrogens with zero attached hydrogens (tertiary/aromatic N) is 1. The van der Waals surface area contributed by atoms with Gasteiger partial charge in [-0.2, -0.15) is 0 Å². The number of sulfonamides is 1. The molecule has 0 atom stereocenters. The van der Waals surface area contributed by atoms with E-state index in [1.165, 1.54) is 6.20 Å². The lowest BCUT2D eigenvalue weighted by Gasteiger charge is -2.08. The highest BCUT2D eigenvalue weighted by molar-refractivity contribution is 9.10. The topological polar surface area (TPSA) is 85.1 Å². The van der Waals surface area contributed by atoms with E-state index in [0.29, 0.717) is 20.9 Å². The maximum atomic E-state index is 12.1. The normalized spacial score (nSPS) is 11.4. The Kier molecular flexibility index (Phi) is 3.60. The molecule has 1 aromatic carbocycles. The van der Waals surface area contributed by atoms with Crippen LogP contribution in [0.2, 0.25) is 0 Å². The molecule has 0 bridgehead atoms. The predicted octanol–water partition coefficient (Wildman–Crippen LogP) is 2.60. The molecule has 3 N–H and O–H groups in total. The second-order valence-corrected chi connectivity index (χ2v) is 7.54. The van der Waals surface area contributed by atoms with Gasteiger partial charge in [0.25, 0.3) is 10.0 Å². The lowest BCUT2D eigenvalue weighted by Crippen LogP contribution is -2.12. The molecule has 2 rings (SSSR count). The molecule has 0 radical (unpaired) electrons. The molecule has 0 aliphatic heterocycles. The predicted molar refractivity (Wildman–Crippen MR) is 76.2 cm³/mol. The summed E-state index contributed by atoms with van der Waals surface area (Å²) in [6.45, 7) is 1.75. The van der Waals surface area contributed by atoms with Gasteiger partial charge in [0, 0.05) is 10.2 Å².